The van der Waals surface area contributed by atoms with Crippen LogP contribution in [0.25, 0.3) is 197 Å². The van der Waals surface area contributed by atoms with Gasteiger partial charge >= 0.3 is 0 Å². The molecule has 21 rings (SSSR count). The number of fused-ring (bicyclic) bond motifs is 18. The molecule has 3 nitrogen and oxygen atoms in total. The first-order valence-electron chi connectivity index (χ1n) is 36.3. The Hall–Kier alpha value is -13.1. The lowest BCUT2D eigenvalue weighted by Crippen LogP contribution is -1.86. The van der Waals surface area contributed by atoms with E-state index in [0.717, 1.165) is 61.3 Å². The van der Waals surface area contributed by atoms with Crippen LogP contribution in [-0.2, 0) is 0 Å². The van der Waals surface area contributed by atoms with E-state index < -0.39 is 0 Å². The standard InChI is InChI=1S/C35H26O.C34H24O.C33H22O/c1-21-16-23(3)34-32(18-21)33-19-22(2)17-31(35(33)36-34)25-14-12-24(13-15-25)30-20-26-8-4-5-9-27(26)28-10-6-7-11-29(28)30;1-21-11-16-33-31(17-21)32-19-22(2)18-30(34(32)35-33)24-14-12-23(13-15-24)29-20-25-7-3-4-8-26(25)27-9-5-6-10-28(27)29;1-21-8-6-14-29-30-15-7-13-26(33(30)34-32(21)29)22-16-18-23(19-17-22)31-20-24-9-2-3-10-25(24)27-11-4-5-12-28(27)31/h4-20H,1-3H3;3-20H,1-2H3;2-20H,1H3. The zero-order chi connectivity index (χ0) is 70.6. The number of aryl methyl sites for hydroxylation is 6. The van der Waals surface area contributed by atoms with E-state index in [9.17, 15) is 0 Å². The molecule has 0 unspecified atom stereocenters. The monoisotopic (exact) mass is 1340 g/mol. The molecule has 105 heavy (non-hydrogen) atoms. The predicted molar refractivity (Wildman–Crippen MR) is 447 cm³/mol. The van der Waals surface area contributed by atoms with Crippen molar-refractivity contribution in [1.29, 1.82) is 0 Å². The molecule has 0 amide bonds. The molecule has 21 aromatic rings. The molecule has 3 heterocycles. The van der Waals surface area contributed by atoms with Gasteiger partial charge in [-0.3, -0.25) is 0 Å². The smallest absolute Gasteiger partial charge is 0.143 e. The van der Waals surface area contributed by atoms with Gasteiger partial charge in [0.05, 0.1) is 0 Å². The summed E-state index contributed by atoms with van der Waals surface area (Å²) in [7, 11) is 0. The largest absolute Gasteiger partial charge is 0.455 e. The lowest BCUT2D eigenvalue weighted by molar-refractivity contribution is 0.666. The fraction of sp³-hybridized carbons (Fsp3) is 0.0588. The molecule has 0 fully saturated rings. The Morgan fingerprint density at radius 2 is 0.476 bits per heavy atom. The summed E-state index contributed by atoms with van der Waals surface area (Å²) in [6.45, 7) is 12.8. The van der Waals surface area contributed by atoms with Gasteiger partial charge in [0.25, 0.3) is 0 Å². The second-order valence-corrected chi connectivity index (χ2v) is 28.6. The highest BCUT2D eigenvalue weighted by Crippen LogP contribution is 2.45. The Bertz CT molecular complexity index is 7060. The zero-order valence-corrected chi connectivity index (χ0v) is 59.4. The first-order chi connectivity index (χ1) is 51.5. The van der Waals surface area contributed by atoms with Gasteiger partial charge in [0.1, 0.15) is 33.5 Å². The van der Waals surface area contributed by atoms with Crippen LogP contribution in [0.3, 0.4) is 0 Å². The van der Waals surface area contributed by atoms with E-state index in [2.05, 4.69) is 369 Å². The highest BCUT2D eigenvalue weighted by molar-refractivity contribution is 6.18. The summed E-state index contributed by atoms with van der Waals surface area (Å²) in [4.78, 5) is 0. The molecule has 18 aromatic carbocycles. The number of hydrogen-bond acceptors (Lipinski definition) is 3. The lowest BCUT2D eigenvalue weighted by Gasteiger charge is -2.12. The van der Waals surface area contributed by atoms with Crippen molar-refractivity contribution in [2.24, 2.45) is 0 Å². The fourth-order valence-electron chi connectivity index (χ4n) is 16.6. The third-order valence-electron chi connectivity index (χ3n) is 21.6. The highest BCUT2D eigenvalue weighted by Gasteiger charge is 2.20. The Kier molecular flexibility index (Phi) is 15.2. The minimum atomic E-state index is 0.941. The summed E-state index contributed by atoms with van der Waals surface area (Å²) in [6, 6.07) is 118. The van der Waals surface area contributed by atoms with E-state index in [-0.39, 0.29) is 0 Å². The molecule has 0 saturated heterocycles. The third kappa shape index (κ3) is 11.0. The molecule has 0 atom stereocenters. The van der Waals surface area contributed by atoms with Crippen molar-refractivity contribution in [3.05, 3.63) is 361 Å². The van der Waals surface area contributed by atoms with Gasteiger partial charge in [-0.1, -0.05) is 272 Å². The third-order valence-corrected chi connectivity index (χ3v) is 21.6. The molecule has 0 aliphatic heterocycles. The lowest BCUT2D eigenvalue weighted by atomic mass is 9.92. The van der Waals surface area contributed by atoms with Crippen LogP contribution in [0.1, 0.15) is 33.4 Å². The van der Waals surface area contributed by atoms with Crippen molar-refractivity contribution in [1.82, 2.24) is 0 Å². The summed E-state index contributed by atoms with van der Waals surface area (Å²) in [5, 5.41) is 22.5. The van der Waals surface area contributed by atoms with Gasteiger partial charge in [0.2, 0.25) is 0 Å². The van der Waals surface area contributed by atoms with Gasteiger partial charge in [0.15, 0.2) is 0 Å². The van der Waals surface area contributed by atoms with Crippen molar-refractivity contribution in [2.45, 2.75) is 41.5 Å². The quantitative estimate of drug-likeness (QED) is 0.156. The van der Waals surface area contributed by atoms with Crippen LogP contribution in [0.2, 0.25) is 0 Å². The Morgan fingerprint density at radius 1 is 0.162 bits per heavy atom. The van der Waals surface area contributed by atoms with Crippen LogP contribution in [0.15, 0.2) is 341 Å². The predicted octanol–water partition coefficient (Wildman–Crippen LogP) is 29.5. The zero-order valence-electron chi connectivity index (χ0n) is 59.4. The molecule has 0 N–H and O–H groups in total. The Labute approximate surface area is 609 Å². The van der Waals surface area contributed by atoms with Crippen LogP contribution in [0.5, 0.6) is 0 Å². The fourth-order valence-corrected chi connectivity index (χ4v) is 16.6. The Balaban J connectivity index is 0.000000108. The van der Waals surface area contributed by atoms with Crippen LogP contribution in [0.4, 0.5) is 0 Å². The number of hydrogen-bond donors (Lipinski definition) is 0. The van der Waals surface area contributed by atoms with Crippen LogP contribution in [-0.4, -0.2) is 0 Å². The van der Waals surface area contributed by atoms with E-state index in [0.29, 0.717) is 0 Å². The summed E-state index contributed by atoms with van der Waals surface area (Å²) >= 11 is 0. The van der Waals surface area contributed by atoms with E-state index >= 15 is 0 Å². The maximum Gasteiger partial charge on any atom is 0.143 e. The van der Waals surface area contributed by atoms with Crippen molar-refractivity contribution < 1.29 is 13.3 Å². The molecule has 498 valence electrons. The van der Waals surface area contributed by atoms with Crippen LogP contribution < -0.4 is 0 Å². The van der Waals surface area contributed by atoms with E-state index in [1.54, 1.807) is 0 Å². The summed E-state index contributed by atoms with van der Waals surface area (Å²) in [6.07, 6.45) is 0. The minimum Gasteiger partial charge on any atom is -0.455 e. The summed E-state index contributed by atoms with van der Waals surface area (Å²) < 4.78 is 19.3. The Morgan fingerprint density at radius 3 is 0.933 bits per heavy atom. The first-order valence-corrected chi connectivity index (χ1v) is 36.3. The van der Waals surface area contributed by atoms with Crippen molar-refractivity contribution in [2.75, 3.05) is 0 Å². The van der Waals surface area contributed by atoms with Gasteiger partial charge in [-0.2, -0.15) is 0 Å². The van der Waals surface area contributed by atoms with Crippen molar-refractivity contribution in [3.8, 4) is 66.8 Å². The molecule has 0 saturated carbocycles. The van der Waals surface area contributed by atoms with Crippen LogP contribution >= 0.6 is 0 Å². The molecule has 3 aromatic heterocycles. The maximum absolute atomic E-state index is 6.50. The van der Waals surface area contributed by atoms with Gasteiger partial charge < -0.3 is 13.3 Å². The average Bonchev–Trinajstić information content (AvgIpc) is 1.41. The van der Waals surface area contributed by atoms with Gasteiger partial charge in [-0.05, 0) is 245 Å². The second kappa shape index (κ2) is 25.5. The SMILES string of the molecule is Cc1cc(C)c2oc3c(-c4ccc(-c5cc6ccccc6c6ccccc56)cc4)cc(C)cc3c2c1.Cc1ccc2oc3c(-c4ccc(-c5cc6ccccc6c6ccccc56)cc4)cc(C)cc3c2c1.Cc1cccc2c1oc1c(-c3ccc(-c4cc5ccccc5c5ccccc45)cc3)cccc12. The number of para-hydroxylation sites is 2. The van der Waals surface area contributed by atoms with E-state index in [1.807, 2.05) is 0 Å². The summed E-state index contributed by atoms with van der Waals surface area (Å²) in [5.41, 5.74) is 27.5. The first kappa shape index (κ1) is 62.9. The molecular weight excluding hydrogens is 1270 g/mol. The minimum absolute atomic E-state index is 0.941. The molecular formula is C102H72O3. The molecule has 0 bridgehead atoms. The molecule has 0 radical (unpaired) electrons. The van der Waals surface area contributed by atoms with Crippen molar-refractivity contribution >= 4 is 130 Å². The van der Waals surface area contributed by atoms with Gasteiger partial charge in [-0.15, -0.1) is 0 Å². The van der Waals surface area contributed by atoms with E-state index in [4.69, 9.17) is 13.3 Å². The normalized spacial score (nSPS) is 11.7. The summed E-state index contributed by atoms with van der Waals surface area (Å²) in [5.74, 6) is 0. The number of benzene rings is 18. The number of furan rings is 3. The molecule has 0 aliphatic rings. The van der Waals surface area contributed by atoms with Crippen LogP contribution in [0, 0.1) is 41.5 Å². The second-order valence-electron chi connectivity index (χ2n) is 28.6. The van der Waals surface area contributed by atoms with E-state index in [1.165, 1.54) is 169 Å². The topological polar surface area (TPSA) is 39.4 Å². The highest BCUT2D eigenvalue weighted by atomic mass is 16.3. The number of rotatable bonds is 6. The van der Waals surface area contributed by atoms with Crippen molar-refractivity contribution in [3.63, 3.8) is 0 Å². The average molecular weight is 1350 g/mol. The molecule has 3 heteroatoms. The van der Waals surface area contributed by atoms with Gasteiger partial charge in [-0.25, -0.2) is 0 Å². The molecule has 0 aliphatic carbocycles. The molecule has 0 spiro atoms. The maximum atomic E-state index is 6.50. The van der Waals surface area contributed by atoms with Gasteiger partial charge in [0, 0.05) is 49.0 Å².